The molecule has 0 spiro atoms. The summed E-state index contributed by atoms with van der Waals surface area (Å²) in [5.74, 6) is 0.364. The van der Waals surface area contributed by atoms with E-state index in [2.05, 4.69) is 11.1 Å². The summed E-state index contributed by atoms with van der Waals surface area (Å²) >= 11 is 6.23. The molecule has 0 saturated carbocycles. The lowest BCUT2D eigenvalue weighted by Gasteiger charge is -2.16. The Morgan fingerprint density at radius 1 is 1.13 bits per heavy atom. The van der Waals surface area contributed by atoms with E-state index in [0.717, 1.165) is 40.4 Å². The second-order valence-corrected chi connectivity index (χ2v) is 8.49. The Hall–Kier alpha value is -2.70. The van der Waals surface area contributed by atoms with Crippen LogP contribution in [0.2, 0.25) is 5.02 Å². The van der Waals surface area contributed by atoms with Crippen molar-refractivity contribution in [3.05, 3.63) is 52.4 Å². The molecule has 0 saturated heterocycles. The van der Waals surface area contributed by atoms with Crippen LogP contribution in [0.5, 0.6) is 0 Å². The van der Waals surface area contributed by atoms with Crippen LogP contribution >= 0.6 is 24.0 Å². The van der Waals surface area contributed by atoms with Crippen LogP contribution in [-0.2, 0) is 19.9 Å². The lowest BCUT2D eigenvalue weighted by molar-refractivity contribution is 0.0824. The number of aromatic nitrogens is 4. The van der Waals surface area contributed by atoms with Gasteiger partial charge in [0.25, 0.3) is 5.91 Å². The quantitative estimate of drug-likeness (QED) is 0.433. The molecule has 0 unspecified atom stereocenters. The molecule has 3 aromatic heterocycles. The predicted octanol–water partition coefficient (Wildman–Crippen LogP) is 4.84. The van der Waals surface area contributed by atoms with Crippen LogP contribution in [-0.4, -0.2) is 44.4 Å². The smallest absolute Gasteiger partial charge is 0.272 e. The van der Waals surface area contributed by atoms with Gasteiger partial charge in [-0.1, -0.05) is 17.7 Å². The molecule has 31 heavy (non-hydrogen) atoms. The largest absolute Gasteiger partial charge is 0.343 e. The molecule has 0 bridgehead atoms. The number of aryl methyl sites for hydroxylation is 3. The fourth-order valence-corrected chi connectivity index (χ4v) is 4.42. The van der Waals surface area contributed by atoms with Gasteiger partial charge in [0.2, 0.25) is 0 Å². The first kappa shape index (κ1) is 21.5. The van der Waals surface area contributed by atoms with Crippen molar-refractivity contribution in [2.24, 2.45) is 7.05 Å². The van der Waals surface area contributed by atoms with Crippen LogP contribution < -0.4 is 0 Å². The van der Waals surface area contributed by atoms with E-state index in [1.54, 1.807) is 19.0 Å². The van der Waals surface area contributed by atoms with Crippen molar-refractivity contribution >= 4 is 51.9 Å². The molecule has 0 atom stereocenters. The number of amides is 1. The minimum Gasteiger partial charge on any atom is -0.343 e. The normalized spacial score (nSPS) is 13.2. The monoisotopic (exact) mass is 455 g/mol. The van der Waals surface area contributed by atoms with Gasteiger partial charge in [0, 0.05) is 49.0 Å². The molecule has 0 aliphatic heterocycles. The molecule has 3 heterocycles. The SMILES string of the molecule is CN(C)C(=O)c1nc(-c2cnc3c(c2)CCCC3)nc2c1c1ccc(Cl)cc1n2C.Cl. The highest BCUT2D eigenvalue weighted by molar-refractivity contribution is 6.31. The van der Waals surface area contributed by atoms with Crippen LogP contribution in [0.4, 0.5) is 0 Å². The molecule has 1 aliphatic carbocycles. The van der Waals surface area contributed by atoms with Gasteiger partial charge < -0.3 is 9.47 Å². The lowest BCUT2D eigenvalue weighted by atomic mass is 9.95. The molecular weight excluding hydrogens is 433 g/mol. The van der Waals surface area contributed by atoms with E-state index in [9.17, 15) is 4.79 Å². The van der Waals surface area contributed by atoms with Crippen LogP contribution in [0.15, 0.2) is 30.5 Å². The maximum Gasteiger partial charge on any atom is 0.272 e. The second-order valence-electron chi connectivity index (χ2n) is 8.05. The summed E-state index contributed by atoms with van der Waals surface area (Å²) in [5, 5.41) is 2.30. The van der Waals surface area contributed by atoms with Gasteiger partial charge in [-0.15, -0.1) is 12.4 Å². The molecule has 1 amide bonds. The summed E-state index contributed by atoms with van der Waals surface area (Å²) in [4.78, 5) is 28.9. The van der Waals surface area contributed by atoms with Gasteiger partial charge >= 0.3 is 0 Å². The van der Waals surface area contributed by atoms with Gasteiger partial charge in [-0.2, -0.15) is 0 Å². The second kappa shape index (κ2) is 8.09. The first-order valence-electron chi connectivity index (χ1n) is 10.1. The summed E-state index contributed by atoms with van der Waals surface area (Å²) in [6, 6.07) is 7.78. The number of carbonyl (C=O) groups excluding carboxylic acids is 1. The van der Waals surface area contributed by atoms with E-state index in [0.29, 0.717) is 22.2 Å². The third-order valence-corrected chi connectivity index (χ3v) is 6.07. The lowest BCUT2D eigenvalue weighted by Crippen LogP contribution is -2.23. The molecule has 1 aliphatic rings. The first-order valence-corrected chi connectivity index (χ1v) is 10.5. The Bertz CT molecular complexity index is 1330. The van der Waals surface area contributed by atoms with Gasteiger partial charge in [-0.25, -0.2) is 9.97 Å². The van der Waals surface area contributed by atoms with Crippen LogP contribution in [0.1, 0.15) is 34.6 Å². The number of rotatable bonds is 2. The molecular formula is C23H23Cl2N5O. The number of hydrogen-bond acceptors (Lipinski definition) is 4. The standard InChI is InChI=1S/C23H22ClN5O.ClH/c1-28(2)23(30)20-19-16-9-8-15(24)11-18(16)29(3)22(19)27-21(26-20)14-10-13-6-4-5-7-17(13)25-12-14;/h8-12H,4-7H2,1-3H3;1H. The molecule has 0 N–H and O–H groups in total. The highest BCUT2D eigenvalue weighted by Crippen LogP contribution is 2.33. The van der Waals surface area contributed by atoms with Crippen LogP contribution in [0.3, 0.4) is 0 Å². The van der Waals surface area contributed by atoms with E-state index < -0.39 is 0 Å². The van der Waals surface area contributed by atoms with Gasteiger partial charge in [0.05, 0.1) is 10.9 Å². The number of nitrogens with zero attached hydrogens (tertiary/aromatic N) is 5. The fraction of sp³-hybridized carbons (Fsp3) is 0.304. The van der Waals surface area contributed by atoms with Crippen molar-refractivity contribution in [2.75, 3.05) is 14.1 Å². The number of benzene rings is 1. The topological polar surface area (TPSA) is 63.9 Å². The van der Waals surface area contributed by atoms with Crippen LogP contribution in [0.25, 0.3) is 33.3 Å². The maximum absolute atomic E-state index is 13.1. The zero-order chi connectivity index (χ0) is 21.0. The molecule has 4 aromatic rings. The average molecular weight is 456 g/mol. The van der Waals surface area contributed by atoms with Crippen molar-refractivity contribution in [1.82, 2.24) is 24.4 Å². The maximum atomic E-state index is 13.1. The average Bonchev–Trinajstić information content (AvgIpc) is 3.03. The van der Waals surface area contributed by atoms with E-state index in [1.165, 1.54) is 18.4 Å². The van der Waals surface area contributed by atoms with Gasteiger partial charge in [0.15, 0.2) is 5.82 Å². The Morgan fingerprint density at radius 2 is 1.90 bits per heavy atom. The molecule has 6 nitrogen and oxygen atoms in total. The van der Waals surface area contributed by atoms with E-state index in [1.807, 2.05) is 36.0 Å². The van der Waals surface area contributed by atoms with Crippen molar-refractivity contribution in [2.45, 2.75) is 25.7 Å². The predicted molar refractivity (Wildman–Crippen MR) is 126 cm³/mol. The van der Waals surface area contributed by atoms with E-state index in [-0.39, 0.29) is 18.3 Å². The minimum absolute atomic E-state index is 0. The zero-order valence-corrected chi connectivity index (χ0v) is 19.2. The van der Waals surface area contributed by atoms with Gasteiger partial charge in [0.1, 0.15) is 11.3 Å². The summed E-state index contributed by atoms with van der Waals surface area (Å²) in [6.07, 6.45) is 6.22. The number of carbonyl (C=O) groups is 1. The minimum atomic E-state index is -0.156. The molecule has 5 rings (SSSR count). The summed E-state index contributed by atoms with van der Waals surface area (Å²) in [5.41, 5.74) is 5.28. The number of hydrogen-bond donors (Lipinski definition) is 0. The zero-order valence-electron chi connectivity index (χ0n) is 17.6. The van der Waals surface area contributed by atoms with Crippen LogP contribution in [0, 0.1) is 0 Å². The highest BCUT2D eigenvalue weighted by atomic mass is 35.5. The molecule has 160 valence electrons. The Labute approximate surface area is 191 Å². The van der Waals surface area contributed by atoms with Gasteiger partial charge in [-0.05, 0) is 49.4 Å². The van der Waals surface area contributed by atoms with Gasteiger partial charge in [-0.3, -0.25) is 9.78 Å². The molecule has 0 radical (unpaired) electrons. The molecule has 8 heteroatoms. The number of halogens is 2. The van der Waals surface area contributed by atoms with Crippen molar-refractivity contribution in [1.29, 1.82) is 0 Å². The number of pyridine rings is 1. The molecule has 1 aromatic carbocycles. The van der Waals surface area contributed by atoms with E-state index >= 15 is 0 Å². The molecule has 0 fully saturated rings. The Balaban J connectivity index is 0.00000231. The van der Waals surface area contributed by atoms with E-state index in [4.69, 9.17) is 21.6 Å². The summed E-state index contributed by atoms with van der Waals surface area (Å²) in [6.45, 7) is 0. The third-order valence-electron chi connectivity index (χ3n) is 5.83. The first-order chi connectivity index (χ1) is 14.4. The fourth-order valence-electron chi connectivity index (χ4n) is 4.25. The van der Waals surface area contributed by atoms with Crippen molar-refractivity contribution in [3.63, 3.8) is 0 Å². The number of fused-ring (bicyclic) bond motifs is 4. The van der Waals surface area contributed by atoms with Crippen molar-refractivity contribution < 1.29 is 4.79 Å². The Kier molecular flexibility index (Phi) is 5.62. The van der Waals surface area contributed by atoms with Crippen molar-refractivity contribution in [3.8, 4) is 11.4 Å². The highest BCUT2D eigenvalue weighted by Gasteiger charge is 2.23. The summed E-state index contributed by atoms with van der Waals surface area (Å²) < 4.78 is 1.97. The summed E-state index contributed by atoms with van der Waals surface area (Å²) in [7, 11) is 5.41. The third kappa shape index (κ3) is 3.54. The Morgan fingerprint density at radius 3 is 2.68 bits per heavy atom.